The topological polar surface area (TPSA) is 72.5 Å². The van der Waals surface area contributed by atoms with Crippen LogP contribution in [0.4, 0.5) is 8.78 Å². The summed E-state index contributed by atoms with van der Waals surface area (Å²) in [5, 5.41) is 0. The number of ether oxygens (including phenoxy) is 1. The molecule has 1 aromatic carbocycles. The molecular weight excluding hydrogens is 376 g/mol. The SMILES string of the molecule is CC(NS(=O)(=O)CC12CCC(CC1=O)C2(C)C)c1cccc(OC(F)F)c1. The molecule has 3 rings (SSSR count). The van der Waals surface area contributed by atoms with Crippen LogP contribution < -0.4 is 9.46 Å². The average Bonchev–Trinajstić information content (AvgIpc) is 2.87. The second-order valence-electron chi connectivity index (χ2n) is 8.22. The molecule has 150 valence electrons. The van der Waals surface area contributed by atoms with Crippen LogP contribution in [0.2, 0.25) is 0 Å². The maximum Gasteiger partial charge on any atom is 0.387 e. The van der Waals surface area contributed by atoms with Crippen molar-refractivity contribution in [1.82, 2.24) is 4.72 Å². The molecule has 2 aliphatic carbocycles. The third kappa shape index (κ3) is 3.61. The lowest BCUT2D eigenvalue weighted by molar-refractivity contribution is -0.128. The maximum absolute atomic E-state index is 12.8. The first-order valence-electron chi connectivity index (χ1n) is 9.05. The Bertz CT molecular complexity index is 840. The molecular formula is C19H25F2NO4S. The highest BCUT2D eigenvalue weighted by atomic mass is 32.2. The van der Waals surface area contributed by atoms with E-state index in [9.17, 15) is 22.0 Å². The Morgan fingerprint density at radius 2 is 2.04 bits per heavy atom. The second-order valence-corrected chi connectivity index (χ2v) is 9.97. The molecule has 0 heterocycles. The van der Waals surface area contributed by atoms with E-state index >= 15 is 0 Å². The fraction of sp³-hybridized carbons (Fsp3) is 0.632. The van der Waals surface area contributed by atoms with Gasteiger partial charge in [-0.2, -0.15) is 8.78 Å². The predicted octanol–water partition coefficient (Wildman–Crippen LogP) is 3.66. The number of sulfonamides is 1. The molecule has 8 heteroatoms. The first-order valence-corrected chi connectivity index (χ1v) is 10.7. The zero-order valence-corrected chi connectivity index (χ0v) is 16.5. The molecule has 0 amide bonds. The first-order chi connectivity index (χ1) is 12.5. The smallest absolute Gasteiger partial charge is 0.387 e. The van der Waals surface area contributed by atoms with Gasteiger partial charge in [-0.1, -0.05) is 26.0 Å². The van der Waals surface area contributed by atoms with Gasteiger partial charge in [0.1, 0.15) is 11.5 Å². The molecule has 27 heavy (non-hydrogen) atoms. The Morgan fingerprint density at radius 1 is 1.33 bits per heavy atom. The van der Waals surface area contributed by atoms with Crippen LogP contribution in [-0.4, -0.2) is 26.6 Å². The Morgan fingerprint density at radius 3 is 2.59 bits per heavy atom. The molecule has 2 aliphatic rings. The van der Waals surface area contributed by atoms with Crippen molar-refractivity contribution >= 4 is 15.8 Å². The predicted molar refractivity (Wildman–Crippen MR) is 97.0 cm³/mol. The van der Waals surface area contributed by atoms with E-state index in [2.05, 4.69) is 9.46 Å². The van der Waals surface area contributed by atoms with Gasteiger partial charge < -0.3 is 4.74 Å². The minimum absolute atomic E-state index is 0.0297. The monoisotopic (exact) mass is 401 g/mol. The van der Waals surface area contributed by atoms with Crippen molar-refractivity contribution in [3.8, 4) is 5.75 Å². The summed E-state index contributed by atoms with van der Waals surface area (Å²) in [5.74, 6) is 0.00711. The van der Waals surface area contributed by atoms with E-state index in [-0.39, 0.29) is 28.6 Å². The maximum atomic E-state index is 12.8. The van der Waals surface area contributed by atoms with Crippen molar-refractivity contribution in [3.05, 3.63) is 29.8 Å². The van der Waals surface area contributed by atoms with Crippen LogP contribution in [0, 0.1) is 16.7 Å². The largest absolute Gasteiger partial charge is 0.435 e. The quantitative estimate of drug-likeness (QED) is 0.757. The van der Waals surface area contributed by atoms with Crippen molar-refractivity contribution in [3.63, 3.8) is 0 Å². The lowest BCUT2D eigenvalue weighted by Gasteiger charge is -2.36. The number of hydrogen-bond acceptors (Lipinski definition) is 4. The summed E-state index contributed by atoms with van der Waals surface area (Å²) in [6.45, 7) is 2.66. The number of hydrogen-bond donors (Lipinski definition) is 1. The lowest BCUT2D eigenvalue weighted by atomic mass is 9.70. The third-order valence-electron chi connectivity index (χ3n) is 6.52. The molecule has 5 nitrogen and oxygen atoms in total. The van der Waals surface area contributed by atoms with Crippen LogP contribution in [0.5, 0.6) is 5.75 Å². The molecule has 1 aromatic rings. The molecule has 1 N–H and O–H groups in total. The van der Waals surface area contributed by atoms with E-state index in [0.29, 0.717) is 18.4 Å². The van der Waals surface area contributed by atoms with Crippen LogP contribution in [0.15, 0.2) is 24.3 Å². The minimum atomic E-state index is -3.76. The zero-order valence-electron chi connectivity index (χ0n) is 15.7. The molecule has 0 radical (unpaired) electrons. The normalized spacial score (nSPS) is 27.9. The number of carbonyl (C=O) groups excluding carboxylic acids is 1. The van der Waals surface area contributed by atoms with E-state index in [4.69, 9.17) is 0 Å². The van der Waals surface area contributed by atoms with Gasteiger partial charge in [-0.05, 0) is 48.8 Å². The van der Waals surface area contributed by atoms with Crippen LogP contribution in [0.3, 0.4) is 0 Å². The van der Waals surface area contributed by atoms with Gasteiger partial charge in [0.15, 0.2) is 0 Å². The fourth-order valence-corrected chi connectivity index (χ4v) is 6.86. The number of Topliss-reactive ketones (excluding diaryl/α,β-unsaturated/α-hetero) is 1. The molecule has 0 saturated heterocycles. The van der Waals surface area contributed by atoms with Gasteiger partial charge in [-0.15, -0.1) is 0 Å². The molecule has 3 unspecified atom stereocenters. The minimum Gasteiger partial charge on any atom is -0.435 e. The fourth-order valence-electron chi connectivity index (χ4n) is 4.77. The van der Waals surface area contributed by atoms with E-state index in [1.54, 1.807) is 13.0 Å². The zero-order chi connectivity index (χ0) is 20.0. The van der Waals surface area contributed by atoms with Crippen molar-refractivity contribution in [2.24, 2.45) is 16.7 Å². The number of rotatable bonds is 7. The summed E-state index contributed by atoms with van der Waals surface area (Å²) in [6.07, 6.45) is 1.92. The number of carbonyl (C=O) groups is 1. The van der Waals surface area contributed by atoms with Crippen LogP contribution >= 0.6 is 0 Å². The van der Waals surface area contributed by atoms with Crippen LogP contribution in [0.1, 0.15) is 51.6 Å². The van der Waals surface area contributed by atoms with Crippen LogP contribution in [-0.2, 0) is 14.8 Å². The molecule has 0 aliphatic heterocycles. The average molecular weight is 401 g/mol. The number of benzene rings is 1. The van der Waals surface area contributed by atoms with Gasteiger partial charge in [0.05, 0.1) is 5.75 Å². The van der Waals surface area contributed by atoms with Gasteiger partial charge in [0.2, 0.25) is 10.0 Å². The molecule has 2 saturated carbocycles. The standard InChI is InChI=1S/C19H25F2NO4S/c1-12(13-5-4-6-15(9-13)26-17(20)21)22-27(24,25)11-19-8-7-14(10-16(19)23)18(19,2)3/h4-6,9,12,14,17,22H,7-8,10-11H2,1-3H3. The number of ketones is 1. The van der Waals surface area contributed by atoms with E-state index < -0.39 is 28.1 Å². The number of halogens is 2. The van der Waals surface area contributed by atoms with Crippen molar-refractivity contribution < 1.29 is 26.7 Å². The summed E-state index contributed by atoms with van der Waals surface area (Å²) in [5.41, 5.74) is -0.674. The molecule has 0 spiro atoms. The highest BCUT2D eigenvalue weighted by Crippen LogP contribution is 2.64. The second kappa shape index (κ2) is 6.81. The van der Waals surface area contributed by atoms with Crippen molar-refractivity contribution in [2.75, 3.05) is 5.75 Å². The van der Waals surface area contributed by atoms with Gasteiger partial charge >= 0.3 is 6.61 Å². The summed E-state index contributed by atoms with van der Waals surface area (Å²) in [6, 6.07) is 5.30. The lowest BCUT2D eigenvalue weighted by Crippen LogP contribution is -2.45. The molecule has 2 bridgehead atoms. The van der Waals surface area contributed by atoms with Crippen molar-refractivity contribution in [1.29, 1.82) is 0 Å². The Balaban J connectivity index is 1.76. The highest BCUT2D eigenvalue weighted by molar-refractivity contribution is 7.89. The van der Waals surface area contributed by atoms with Gasteiger partial charge in [-0.25, -0.2) is 13.1 Å². The van der Waals surface area contributed by atoms with E-state index in [0.717, 1.165) is 6.42 Å². The summed E-state index contributed by atoms with van der Waals surface area (Å²) < 4.78 is 57.4. The summed E-state index contributed by atoms with van der Waals surface area (Å²) in [4.78, 5) is 12.6. The van der Waals surface area contributed by atoms with Crippen molar-refractivity contribution in [2.45, 2.75) is 52.7 Å². The Hall–Kier alpha value is -1.54. The number of nitrogens with one attached hydrogen (secondary N) is 1. The van der Waals surface area contributed by atoms with Gasteiger partial charge in [-0.3, -0.25) is 4.79 Å². The molecule has 0 aromatic heterocycles. The first kappa shape index (κ1) is 20.2. The number of fused-ring (bicyclic) bond motifs is 2. The van der Waals surface area contributed by atoms with Gasteiger partial charge in [0, 0.05) is 17.9 Å². The molecule has 2 fully saturated rings. The van der Waals surface area contributed by atoms with Crippen LogP contribution in [0.25, 0.3) is 0 Å². The highest BCUT2D eigenvalue weighted by Gasteiger charge is 2.65. The molecule has 3 atom stereocenters. The van der Waals surface area contributed by atoms with Gasteiger partial charge in [0.25, 0.3) is 0 Å². The third-order valence-corrected chi connectivity index (χ3v) is 8.10. The Labute approximate surface area is 158 Å². The number of alkyl halides is 2. The summed E-state index contributed by atoms with van der Waals surface area (Å²) in [7, 11) is -3.76. The van der Waals surface area contributed by atoms with E-state index in [1.165, 1.54) is 18.2 Å². The Kier molecular flexibility index (Phi) is 5.10. The van der Waals surface area contributed by atoms with E-state index in [1.807, 2.05) is 13.8 Å². The summed E-state index contributed by atoms with van der Waals surface area (Å²) >= 11 is 0.